The molecule has 1 aromatic rings. The second kappa shape index (κ2) is 9.41. The smallest absolute Gasteiger partial charge is 0.121 e. The summed E-state index contributed by atoms with van der Waals surface area (Å²) in [5.41, 5.74) is 4.00. The molecule has 0 saturated heterocycles. The Hall–Kier alpha value is -1.54. The molecule has 2 nitrogen and oxygen atoms in total. The molecule has 2 N–H and O–H groups in total. The second-order valence-electron chi connectivity index (χ2n) is 5.68. The molecule has 0 aliphatic rings. The van der Waals surface area contributed by atoms with Crippen molar-refractivity contribution in [3.05, 3.63) is 46.5 Å². The Kier molecular flexibility index (Phi) is 7.84. The molecule has 21 heavy (non-hydrogen) atoms. The van der Waals surface area contributed by atoms with Crippen LogP contribution in [0.2, 0.25) is 0 Å². The Bertz CT molecular complexity index is 495. The van der Waals surface area contributed by atoms with Gasteiger partial charge >= 0.3 is 0 Å². The van der Waals surface area contributed by atoms with Crippen LogP contribution < -0.4 is 0 Å². The van der Waals surface area contributed by atoms with Crippen molar-refractivity contribution in [2.45, 2.75) is 59.5 Å². The van der Waals surface area contributed by atoms with Crippen LogP contribution in [0.15, 0.2) is 29.9 Å². The predicted octanol–water partition coefficient (Wildman–Crippen LogP) is 4.99. The molecule has 0 unspecified atom stereocenters. The highest BCUT2D eigenvalue weighted by Gasteiger charge is 2.09. The van der Waals surface area contributed by atoms with Crippen LogP contribution >= 0.6 is 0 Å². The number of allylic oxidation sites excluding steroid dienone is 3. The van der Waals surface area contributed by atoms with Crippen molar-refractivity contribution in [1.29, 1.82) is 0 Å². The fourth-order valence-corrected chi connectivity index (χ4v) is 2.28. The van der Waals surface area contributed by atoms with Gasteiger partial charge < -0.3 is 10.2 Å². The van der Waals surface area contributed by atoms with Crippen molar-refractivity contribution in [3.63, 3.8) is 0 Å². The molecule has 0 aliphatic heterocycles. The fraction of sp³-hybridized carbons (Fsp3) is 0.474. The van der Waals surface area contributed by atoms with E-state index >= 15 is 0 Å². The molecule has 1 aromatic carbocycles. The summed E-state index contributed by atoms with van der Waals surface area (Å²) < 4.78 is 0. The molecule has 0 fully saturated rings. The number of rotatable bonds is 8. The van der Waals surface area contributed by atoms with E-state index < -0.39 is 0 Å². The number of aliphatic hydroxyl groups excluding tert-OH is 1. The van der Waals surface area contributed by atoms with Gasteiger partial charge in [-0.2, -0.15) is 0 Å². The molecule has 0 spiro atoms. The van der Waals surface area contributed by atoms with E-state index in [0.29, 0.717) is 5.56 Å². The summed E-state index contributed by atoms with van der Waals surface area (Å²) in [6.45, 7) is 6.21. The average molecular weight is 288 g/mol. The number of unbranched alkanes of at least 4 members (excludes halogenated alkanes) is 3. The van der Waals surface area contributed by atoms with Crippen LogP contribution in [0, 0.1) is 0 Å². The molecule has 0 bridgehead atoms. The lowest BCUT2D eigenvalue weighted by molar-refractivity contribution is 0.275. The fourth-order valence-electron chi connectivity index (χ4n) is 2.28. The summed E-state index contributed by atoms with van der Waals surface area (Å²) in [6.07, 6.45) is 11.9. The molecule has 1 rings (SSSR count). The average Bonchev–Trinajstić information content (AvgIpc) is 2.46. The summed E-state index contributed by atoms with van der Waals surface area (Å²) in [5.74, 6) is 0.173. The van der Waals surface area contributed by atoms with Crippen molar-refractivity contribution < 1.29 is 10.2 Å². The zero-order valence-electron chi connectivity index (χ0n) is 13.5. The van der Waals surface area contributed by atoms with Crippen LogP contribution in [-0.4, -0.2) is 10.2 Å². The first-order chi connectivity index (χ1) is 10.1. The van der Waals surface area contributed by atoms with E-state index in [1.54, 1.807) is 6.07 Å². The van der Waals surface area contributed by atoms with E-state index in [2.05, 4.69) is 39.0 Å². The number of aromatic hydroxyl groups is 1. The van der Waals surface area contributed by atoms with Gasteiger partial charge in [0, 0.05) is 5.56 Å². The molecular formula is C19H28O2. The van der Waals surface area contributed by atoms with Gasteiger partial charge in [-0.05, 0) is 50.3 Å². The summed E-state index contributed by atoms with van der Waals surface area (Å²) in [6, 6.07) is 3.62. The number of hydrogen-bond donors (Lipinski definition) is 2. The van der Waals surface area contributed by atoms with Crippen LogP contribution in [0.5, 0.6) is 5.75 Å². The molecular weight excluding hydrogens is 260 g/mol. The lowest BCUT2D eigenvalue weighted by Gasteiger charge is -2.11. The summed E-state index contributed by atoms with van der Waals surface area (Å²) >= 11 is 0. The highest BCUT2D eigenvalue weighted by molar-refractivity contribution is 5.62. The predicted molar refractivity (Wildman–Crippen MR) is 90.3 cm³/mol. The van der Waals surface area contributed by atoms with E-state index in [4.69, 9.17) is 0 Å². The van der Waals surface area contributed by atoms with Gasteiger partial charge in [-0.15, -0.1) is 0 Å². The first-order valence-electron chi connectivity index (χ1n) is 7.84. The topological polar surface area (TPSA) is 40.5 Å². The largest absolute Gasteiger partial charge is 0.508 e. The summed E-state index contributed by atoms with van der Waals surface area (Å²) in [7, 11) is 0. The number of aliphatic hydroxyl groups is 1. The molecule has 0 atom stereocenters. The maximum atomic E-state index is 9.92. The minimum absolute atomic E-state index is 0.136. The summed E-state index contributed by atoms with van der Waals surface area (Å²) in [5, 5.41) is 19.5. The van der Waals surface area contributed by atoms with Crippen molar-refractivity contribution >= 4 is 6.08 Å². The Balaban J connectivity index is 3.00. The van der Waals surface area contributed by atoms with E-state index in [0.717, 1.165) is 24.0 Å². The lowest BCUT2D eigenvalue weighted by Crippen LogP contribution is -1.96. The van der Waals surface area contributed by atoms with E-state index in [1.807, 2.05) is 6.07 Å². The molecule has 0 amide bonds. The molecule has 2 heteroatoms. The van der Waals surface area contributed by atoms with Gasteiger partial charge in [-0.1, -0.05) is 49.6 Å². The zero-order valence-corrected chi connectivity index (χ0v) is 13.5. The molecule has 116 valence electrons. The summed E-state index contributed by atoms with van der Waals surface area (Å²) in [4.78, 5) is 0. The van der Waals surface area contributed by atoms with Crippen LogP contribution in [0.1, 0.15) is 63.1 Å². The van der Waals surface area contributed by atoms with E-state index in [1.165, 1.54) is 24.8 Å². The Labute approximate surface area is 128 Å². The standard InChI is InChI=1S/C19H28O2/c1-4-5-6-7-8-9-17-16(11-10-15(2)3)12-13-19(21)18(17)14-20/h8-10,12-13,20-21H,4-7,11,14H2,1-3H3. The first kappa shape index (κ1) is 17.5. The highest BCUT2D eigenvalue weighted by Crippen LogP contribution is 2.27. The number of hydrogen-bond acceptors (Lipinski definition) is 2. The molecule has 0 radical (unpaired) electrons. The number of phenols is 1. The van der Waals surface area contributed by atoms with E-state index in [9.17, 15) is 10.2 Å². The third-order valence-electron chi connectivity index (χ3n) is 3.57. The normalized spacial score (nSPS) is 11.0. The second-order valence-corrected chi connectivity index (χ2v) is 5.68. The monoisotopic (exact) mass is 288 g/mol. The maximum Gasteiger partial charge on any atom is 0.121 e. The van der Waals surface area contributed by atoms with Crippen LogP contribution in [0.3, 0.4) is 0 Å². The lowest BCUT2D eigenvalue weighted by atomic mass is 9.96. The van der Waals surface area contributed by atoms with E-state index in [-0.39, 0.29) is 12.4 Å². The molecule has 0 aliphatic carbocycles. The van der Waals surface area contributed by atoms with Gasteiger partial charge in [0.05, 0.1) is 6.61 Å². The minimum atomic E-state index is -0.136. The highest BCUT2D eigenvalue weighted by atomic mass is 16.3. The van der Waals surface area contributed by atoms with Crippen molar-refractivity contribution in [1.82, 2.24) is 0 Å². The van der Waals surface area contributed by atoms with Gasteiger partial charge in [0.1, 0.15) is 5.75 Å². The maximum absolute atomic E-state index is 9.92. The van der Waals surface area contributed by atoms with Gasteiger partial charge in [0.2, 0.25) is 0 Å². The van der Waals surface area contributed by atoms with Crippen molar-refractivity contribution in [3.8, 4) is 5.75 Å². The zero-order chi connectivity index (χ0) is 15.7. The van der Waals surface area contributed by atoms with Gasteiger partial charge in [-0.25, -0.2) is 0 Å². The Morgan fingerprint density at radius 2 is 1.95 bits per heavy atom. The van der Waals surface area contributed by atoms with Crippen molar-refractivity contribution in [2.75, 3.05) is 0 Å². The Morgan fingerprint density at radius 1 is 1.19 bits per heavy atom. The van der Waals surface area contributed by atoms with Gasteiger partial charge in [0.25, 0.3) is 0 Å². The third-order valence-corrected chi connectivity index (χ3v) is 3.57. The third kappa shape index (κ3) is 5.76. The van der Waals surface area contributed by atoms with Crippen LogP contribution in [0.4, 0.5) is 0 Å². The van der Waals surface area contributed by atoms with Crippen molar-refractivity contribution in [2.24, 2.45) is 0 Å². The van der Waals surface area contributed by atoms with Crippen LogP contribution in [-0.2, 0) is 13.0 Å². The number of benzene rings is 1. The van der Waals surface area contributed by atoms with Gasteiger partial charge in [-0.3, -0.25) is 0 Å². The first-order valence-corrected chi connectivity index (χ1v) is 7.84. The quantitative estimate of drug-likeness (QED) is 0.523. The SMILES string of the molecule is CCCCCC=Cc1c(CC=C(C)C)ccc(O)c1CO. The molecule has 0 heterocycles. The van der Waals surface area contributed by atoms with Gasteiger partial charge in [0.15, 0.2) is 0 Å². The molecule has 0 saturated carbocycles. The van der Waals surface area contributed by atoms with Crippen LogP contribution in [0.25, 0.3) is 6.08 Å². The Morgan fingerprint density at radius 3 is 2.57 bits per heavy atom. The molecule has 0 aromatic heterocycles. The minimum Gasteiger partial charge on any atom is -0.508 e.